The molecule has 0 saturated carbocycles. The third-order valence-electron chi connectivity index (χ3n) is 4.33. The number of likely N-dealkylation sites (N-methyl/N-ethyl adjacent to an activating group) is 1. The van der Waals surface area contributed by atoms with Crippen LogP contribution in [0.3, 0.4) is 0 Å². The Morgan fingerprint density at radius 2 is 1.96 bits per heavy atom. The van der Waals surface area contributed by atoms with Gasteiger partial charge >= 0.3 is 0 Å². The first-order valence-electron chi connectivity index (χ1n) is 9.33. The van der Waals surface area contributed by atoms with Crippen LogP contribution in [-0.4, -0.2) is 74.2 Å². The van der Waals surface area contributed by atoms with E-state index in [0.717, 1.165) is 58.3 Å². The molecular weight excluding hydrogens is 413 g/mol. The van der Waals surface area contributed by atoms with Crippen molar-refractivity contribution >= 4 is 29.9 Å². The standard InChI is InChI=1S/C18H37N5.HI/c1-5-12-22(8-4)16-11-20-18(19-7-3)21-17-9-14-23(13-6-2)15-10-17;/h6,17H,2,5,7-16H2,1,3-4H3,(H2,19,20,21);1H. The van der Waals surface area contributed by atoms with Gasteiger partial charge < -0.3 is 15.5 Å². The molecule has 1 fully saturated rings. The van der Waals surface area contributed by atoms with Gasteiger partial charge in [0.05, 0.1) is 6.54 Å². The van der Waals surface area contributed by atoms with Crippen molar-refractivity contribution in [1.82, 2.24) is 20.4 Å². The predicted octanol–water partition coefficient (Wildman–Crippen LogP) is 2.54. The molecule has 0 atom stereocenters. The Morgan fingerprint density at radius 1 is 1.25 bits per heavy atom. The van der Waals surface area contributed by atoms with Crippen molar-refractivity contribution in [3.8, 4) is 0 Å². The average Bonchev–Trinajstić information content (AvgIpc) is 2.56. The largest absolute Gasteiger partial charge is 0.357 e. The minimum Gasteiger partial charge on any atom is -0.357 e. The fourth-order valence-electron chi connectivity index (χ4n) is 3.00. The highest BCUT2D eigenvalue weighted by molar-refractivity contribution is 14.0. The van der Waals surface area contributed by atoms with E-state index in [1.807, 2.05) is 6.08 Å². The molecule has 5 nitrogen and oxygen atoms in total. The third-order valence-corrected chi connectivity index (χ3v) is 4.33. The van der Waals surface area contributed by atoms with E-state index in [1.165, 1.54) is 19.3 Å². The fourth-order valence-corrected chi connectivity index (χ4v) is 3.00. The van der Waals surface area contributed by atoms with Gasteiger partial charge in [-0.15, -0.1) is 30.6 Å². The second-order valence-corrected chi connectivity index (χ2v) is 6.20. The summed E-state index contributed by atoms with van der Waals surface area (Å²) in [7, 11) is 0. The number of nitrogens with one attached hydrogen (secondary N) is 2. The zero-order valence-corrected chi connectivity index (χ0v) is 18.2. The van der Waals surface area contributed by atoms with Crippen LogP contribution in [0.15, 0.2) is 17.6 Å². The van der Waals surface area contributed by atoms with E-state index in [2.05, 4.69) is 47.8 Å². The lowest BCUT2D eigenvalue weighted by molar-refractivity contribution is 0.225. The number of halogens is 1. The van der Waals surface area contributed by atoms with E-state index in [4.69, 9.17) is 4.99 Å². The minimum absolute atomic E-state index is 0. The zero-order valence-electron chi connectivity index (χ0n) is 15.9. The summed E-state index contributed by atoms with van der Waals surface area (Å²) in [6.07, 6.45) is 5.55. The molecule has 0 aromatic carbocycles. The van der Waals surface area contributed by atoms with Crippen molar-refractivity contribution < 1.29 is 0 Å². The van der Waals surface area contributed by atoms with Gasteiger partial charge in [-0.25, -0.2) is 0 Å². The monoisotopic (exact) mass is 451 g/mol. The maximum atomic E-state index is 4.76. The Balaban J connectivity index is 0.00000529. The molecular formula is C18H38IN5. The van der Waals surface area contributed by atoms with Crippen LogP contribution in [0.5, 0.6) is 0 Å². The molecule has 0 aromatic rings. The van der Waals surface area contributed by atoms with E-state index in [-0.39, 0.29) is 24.0 Å². The van der Waals surface area contributed by atoms with Crippen LogP contribution < -0.4 is 10.6 Å². The van der Waals surface area contributed by atoms with Gasteiger partial charge in [-0.2, -0.15) is 0 Å². The minimum atomic E-state index is 0. The lowest BCUT2D eigenvalue weighted by Gasteiger charge is -2.32. The molecule has 1 aliphatic heterocycles. The number of piperidine rings is 1. The van der Waals surface area contributed by atoms with Crippen molar-refractivity contribution in [3.05, 3.63) is 12.7 Å². The first-order valence-corrected chi connectivity index (χ1v) is 9.33. The molecule has 6 heteroatoms. The van der Waals surface area contributed by atoms with E-state index < -0.39 is 0 Å². The first kappa shape index (κ1) is 23.7. The molecule has 0 aromatic heterocycles. The van der Waals surface area contributed by atoms with Gasteiger partial charge in [-0.3, -0.25) is 9.89 Å². The topological polar surface area (TPSA) is 42.9 Å². The maximum absolute atomic E-state index is 4.76. The summed E-state index contributed by atoms with van der Waals surface area (Å²) in [5.41, 5.74) is 0. The van der Waals surface area contributed by atoms with Crippen molar-refractivity contribution in [2.45, 2.75) is 46.1 Å². The molecule has 1 rings (SSSR count). The summed E-state index contributed by atoms with van der Waals surface area (Å²) < 4.78 is 0. The summed E-state index contributed by atoms with van der Waals surface area (Å²) in [5.74, 6) is 0.974. The van der Waals surface area contributed by atoms with Crippen LogP contribution in [0.4, 0.5) is 0 Å². The number of aliphatic imine (C=N–C) groups is 1. The smallest absolute Gasteiger partial charge is 0.191 e. The third kappa shape index (κ3) is 9.84. The van der Waals surface area contributed by atoms with Crippen LogP contribution in [0.25, 0.3) is 0 Å². The van der Waals surface area contributed by atoms with Gasteiger partial charge in [0.15, 0.2) is 5.96 Å². The summed E-state index contributed by atoms with van der Waals surface area (Å²) >= 11 is 0. The van der Waals surface area contributed by atoms with E-state index in [9.17, 15) is 0 Å². The second kappa shape index (κ2) is 15.0. The SMILES string of the molecule is C=CCN1CCC(NC(=NCCN(CC)CCC)NCC)CC1.I. The molecule has 0 spiro atoms. The van der Waals surface area contributed by atoms with Gasteiger partial charge in [0.1, 0.15) is 0 Å². The van der Waals surface area contributed by atoms with Crippen LogP contribution in [0.1, 0.15) is 40.0 Å². The normalized spacial score (nSPS) is 16.8. The molecule has 0 radical (unpaired) electrons. The summed E-state index contributed by atoms with van der Waals surface area (Å²) in [5, 5.41) is 6.99. The lowest BCUT2D eigenvalue weighted by atomic mass is 10.1. The van der Waals surface area contributed by atoms with Crippen molar-refractivity contribution in [3.63, 3.8) is 0 Å². The Bertz CT molecular complexity index is 340. The van der Waals surface area contributed by atoms with E-state index in [1.54, 1.807) is 0 Å². The van der Waals surface area contributed by atoms with Gasteiger partial charge in [0.25, 0.3) is 0 Å². The quantitative estimate of drug-likeness (QED) is 0.232. The van der Waals surface area contributed by atoms with E-state index >= 15 is 0 Å². The van der Waals surface area contributed by atoms with Gasteiger partial charge in [-0.1, -0.05) is 19.9 Å². The van der Waals surface area contributed by atoms with Gasteiger partial charge in [0, 0.05) is 38.8 Å². The molecule has 24 heavy (non-hydrogen) atoms. The number of hydrogen-bond donors (Lipinski definition) is 2. The Hall–Kier alpha value is -0.340. The molecule has 2 N–H and O–H groups in total. The highest BCUT2D eigenvalue weighted by Gasteiger charge is 2.18. The number of guanidine groups is 1. The number of rotatable bonds is 10. The van der Waals surface area contributed by atoms with Crippen LogP contribution in [0.2, 0.25) is 0 Å². The van der Waals surface area contributed by atoms with Crippen molar-refractivity contribution in [2.24, 2.45) is 4.99 Å². The summed E-state index contributed by atoms with van der Waals surface area (Å²) in [6, 6.07) is 0.534. The molecule has 0 aliphatic carbocycles. The van der Waals surface area contributed by atoms with Crippen LogP contribution in [0, 0.1) is 0 Å². The molecule has 0 unspecified atom stereocenters. The number of likely N-dealkylation sites (tertiary alicyclic amines) is 1. The van der Waals surface area contributed by atoms with Crippen LogP contribution >= 0.6 is 24.0 Å². The molecule has 0 amide bonds. The number of nitrogens with zero attached hydrogens (tertiary/aromatic N) is 3. The second-order valence-electron chi connectivity index (χ2n) is 6.20. The molecule has 1 saturated heterocycles. The van der Waals surface area contributed by atoms with Crippen molar-refractivity contribution in [1.29, 1.82) is 0 Å². The Labute approximate surface area is 166 Å². The molecule has 1 heterocycles. The average molecular weight is 451 g/mol. The first-order chi connectivity index (χ1) is 11.2. The zero-order chi connectivity index (χ0) is 16.9. The number of hydrogen-bond acceptors (Lipinski definition) is 3. The summed E-state index contributed by atoms with van der Waals surface area (Å²) in [4.78, 5) is 9.67. The van der Waals surface area contributed by atoms with Crippen molar-refractivity contribution in [2.75, 3.05) is 52.4 Å². The molecule has 0 bridgehead atoms. The van der Waals surface area contributed by atoms with Gasteiger partial charge in [0.2, 0.25) is 0 Å². The van der Waals surface area contributed by atoms with Crippen LogP contribution in [-0.2, 0) is 0 Å². The van der Waals surface area contributed by atoms with Gasteiger partial charge in [-0.05, 0) is 39.3 Å². The van der Waals surface area contributed by atoms with E-state index in [0.29, 0.717) is 6.04 Å². The Kier molecular flexibility index (Phi) is 14.7. The highest BCUT2D eigenvalue weighted by atomic mass is 127. The molecule has 1 aliphatic rings. The fraction of sp³-hybridized carbons (Fsp3) is 0.833. The maximum Gasteiger partial charge on any atom is 0.191 e. The molecule has 142 valence electrons. The Morgan fingerprint density at radius 3 is 2.50 bits per heavy atom. The highest BCUT2D eigenvalue weighted by Crippen LogP contribution is 2.09. The lowest BCUT2D eigenvalue weighted by Crippen LogP contribution is -2.48. The summed E-state index contributed by atoms with van der Waals surface area (Å²) in [6.45, 7) is 18.8. The predicted molar refractivity (Wildman–Crippen MR) is 117 cm³/mol.